The molecule has 0 aliphatic rings. The highest BCUT2D eigenvalue weighted by Crippen LogP contribution is 2.42. The van der Waals surface area contributed by atoms with Gasteiger partial charge in [-0.1, -0.05) is 24.3 Å². The zero-order valence-corrected chi connectivity index (χ0v) is 9.89. The molecule has 0 fully saturated rings. The maximum absolute atomic E-state index is 12.4. The van der Waals surface area contributed by atoms with Crippen molar-refractivity contribution in [2.75, 3.05) is 0 Å². The number of benzene rings is 1. The van der Waals surface area contributed by atoms with Crippen LogP contribution in [-0.2, 0) is 6.42 Å². The fourth-order valence-corrected chi connectivity index (χ4v) is 1.80. The highest BCUT2D eigenvalue weighted by molar-refractivity contribution is 5.26. The Bertz CT molecular complexity index is 409. The first-order valence-electron chi connectivity index (χ1n) is 5.39. The van der Waals surface area contributed by atoms with E-state index in [9.17, 15) is 31.4 Å². The first-order valence-corrected chi connectivity index (χ1v) is 5.39. The average Bonchev–Trinajstić information content (AvgIpc) is 2.16. The van der Waals surface area contributed by atoms with Crippen LogP contribution in [0.4, 0.5) is 26.3 Å². The number of hydrogen-bond donors (Lipinski definition) is 1. The first kappa shape index (κ1) is 15.8. The van der Waals surface area contributed by atoms with Crippen LogP contribution in [0.1, 0.15) is 11.1 Å². The Morgan fingerprint density at radius 1 is 1.00 bits per heavy atom. The van der Waals surface area contributed by atoms with Gasteiger partial charge in [-0.2, -0.15) is 26.3 Å². The van der Waals surface area contributed by atoms with Crippen molar-refractivity contribution >= 4 is 0 Å². The molecule has 1 N–H and O–H groups in total. The van der Waals surface area contributed by atoms with Crippen LogP contribution in [0.25, 0.3) is 0 Å². The summed E-state index contributed by atoms with van der Waals surface area (Å²) in [6.07, 6.45) is -14.3. The fourth-order valence-electron chi connectivity index (χ4n) is 1.80. The Morgan fingerprint density at radius 3 is 1.89 bits per heavy atom. The third-order valence-corrected chi connectivity index (χ3v) is 2.78. The van der Waals surface area contributed by atoms with Crippen LogP contribution in [0.2, 0.25) is 0 Å². The van der Waals surface area contributed by atoms with Crippen LogP contribution in [0.5, 0.6) is 0 Å². The molecule has 1 aromatic rings. The van der Waals surface area contributed by atoms with Crippen molar-refractivity contribution in [3.8, 4) is 0 Å². The smallest absolute Gasteiger partial charge is 0.392 e. The minimum atomic E-state index is -5.53. The van der Waals surface area contributed by atoms with Crippen molar-refractivity contribution in [3.05, 3.63) is 35.4 Å². The molecular formula is C12H12F6O. The summed E-state index contributed by atoms with van der Waals surface area (Å²) in [7, 11) is 0. The van der Waals surface area contributed by atoms with Crippen molar-refractivity contribution in [2.45, 2.75) is 31.8 Å². The molecule has 1 unspecified atom stereocenters. The lowest BCUT2D eigenvalue weighted by Crippen LogP contribution is -2.45. The molecule has 0 spiro atoms. The molecule has 108 valence electrons. The number of aliphatic hydroxyl groups excluding tert-OH is 1. The number of rotatable bonds is 3. The largest absolute Gasteiger partial charge is 0.403 e. The van der Waals surface area contributed by atoms with E-state index in [4.69, 9.17) is 0 Å². The SMILES string of the molecule is Cc1ccccc1CC(O)C(C(F)(F)F)C(F)(F)F. The van der Waals surface area contributed by atoms with E-state index in [1.165, 1.54) is 12.1 Å². The van der Waals surface area contributed by atoms with E-state index in [-0.39, 0.29) is 5.56 Å². The molecule has 0 aliphatic heterocycles. The van der Waals surface area contributed by atoms with Gasteiger partial charge in [0.05, 0.1) is 6.10 Å². The number of alkyl halides is 6. The lowest BCUT2D eigenvalue weighted by molar-refractivity contribution is -0.305. The van der Waals surface area contributed by atoms with Gasteiger partial charge in [0.15, 0.2) is 5.92 Å². The lowest BCUT2D eigenvalue weighted by Gasteiger charge is -2.27. The van der Waals surface area contributed by atoms with Crippen LogP contribution < -0.4 is 0 Å². The van der Waals surface area contributed by atoms with Crippen LogP contribution in [-0.4, -0.2) is 23.6 Å². The number of hydrogen-bond acceptors (Lipinski definition) is 1. The summed E-state index contributed by atoms with van der Waals surface area (Å²) >= 11 is 0. The third kappa shape index (κ3) is 4.12. The predicted octanol–water partition coefficient (Wildman–Crippen LogP) is 3.64. The summed E-state index contributed by atoms with van der Waals surface area (Å²) in [6, 6.07) is 6.04. The summed E-state index contributed by atoms with van der Waals surface area (Å²) in [5, 5.41) is 9.32. The molecule has 1 atom stereocenters. The van der Waals surface area contributed by atoms with E-state index in [0.717, 1.165) is 0 Å². The van der Waals surface area contributed by atoms with Crippen LogP contribution in [0.3, 0.4) is 0 Å². The Hall–Kier alpha value is -1.24. The van der Waals surface area contributed by atoms with E-state index < -0.39 is 30.8 Å². The van der Waals surface area contributed by atoms with Crippen molar-refractivity contribution in [3.63, 3.8) is 0 Å². The maximum atomic E-state index is 12.4. The Labute approximate surface area is 105 Å². The third-order valence-electron chi connectivity index (χ3n) is 2.78. The van der Waals surface area contributed by atoms with Gasteiger partial charge >= 0.3 is 12.4 Å². The first-order chi connectivity index (χ1) is 8.53. The second-order valence-corrected chi connectivity index (χ2v) is 4.26. The molecule has 0 radical (unpaired) electrons. The minimum Gasteiger partial charge on any atom is -0.392 e. The van der Waals surface area contributed by atoms with Gasteiger partial charge in [-0.05, 0) is 24.5 Å². The van der Waals surface area contributed by atoms with E-state index in [1.54, 1.807) is 19.1 Å². The molecular weight excluding hydrogens is 274 g/mol. The molecule has 0 saturated carbocycles. The molecule has 0 heterocycles. The monoisotopic (exact) mass is 286 g/mol. The number of aryl methyl sites for hydroxylation is 1. The summed E-state index contributed by atoms with van der Waals surface area (Å²) in [5.41, 5.74) is 0.790. The van der Waals surface area contributed by atoms with Gasteiger partial charge in [0.25, 0.3) is 0 Å². The highest BCUT2D eigenvalue weighted by Gasteiger charge is 2.59. The molecule has 19 heavy (non-hydrogen) atoms. The van der Waals surface area contributed by atoms with Crippen LogP contribution in [0.15, 0.2) is 24.3 Å². The molecule has 7 heteroatoms. The molecule has 1 aromatic carbocycles. The summed E-state index contributed by atoms with van der Waals surface area (Å²) in [6.45, 7) is 1.55. The van der Waals surface area contributed by atoms with Crippen molar-refractivity contribution in [2.24, 2.45) is 5.92 Å². The molecule has 0 saturated heterocycles. The summed E-state index contributed by atoms with van der Waals surface area (Å²) in [4.78, 5) is 0. The second kappa shape index (κ2) is 5.40. The summed E-state index contributed by atoms with van der Waals surface area (Å²) < 4.78 is 74.3. The van der Waals surface area contributed by atoms with E-state index in [2.05, 4.69) is 0 Å². The second-order valence-electron chi connectivity index (χ2n) is 4.26. The number of halogens is 6. The minimum absolute atomic E-state index is 0.258. The molecule has 1 rings (SSSR count). The van der Waals surface area contributed by atoms with Gasteiger partial charge in [0.2, 0.25) is 0 Å². The Balaban J connectivity index is 2.97. The topological polar surface area (TPSA) is 20.2 Å². The van der Waals surface area contributed by atoms with E-state index >= 15 is 0 Å². The van der Waals surface area contributed by atoms with Gasteiger partial charge in [0, 0.05) is 0 Å². The van der Waals surface area contributed by atoms with Crippen molar-refractivity contribution in [1.82, 2.24) is 0 Å². The van der Waals surface area contributed by atoms with Crippen molar-refractivity contribution in [1.29, 1.82) is 0 Å². The molecule has 0 bridgehead atoms. The lowest BCUT2D eigenvalue weighted by atomic mass is 9.93. The normalized spacial score (nSPS) is 14.8. The zero-order valence-electron chi connectivity index (χ0n) is 9.89. The predicted molar refractivity (Wildman–Crippen MR) is 56.5 cm³/mol. The maximum Gasteiger partial charge on any atom is 0.403 e. The zero-order chi connectivity index (χ0) is 14.8. The molecule has 0 amide bonds. The van der Waals surface area contributed by atoms with Crippen LogP contribution >= 0.6 is 0 Å². The Morgan fingerprint density at radius 2 is 1.47 bits per heavy atom. The summed E-state index contributed by atoms with van der Waals surface area (Å²) in [5.74, 6) is -3.74. The van der Waals surface area contributed by atoms with Gasteiger partial charge in [-0.25, -0.2) is 0 Å². The average molecular weight is 286 g/mol. The molecule has 1 nitrogen and oxygen atoms in total. The quantitative estimate of drug-likeness (QED) is 0.841. The Kier molecular flexibility index (Phi) is 4.50. The number of aliphatic hydroxyl groups is 1. The molecule has 0 aliphatic carbocycles. The van der Waals surface area contributed by atoms with Crippen LogP contribution in [0, 0.1) is 12.8 Å². The fraction of sp³-hybridized carbons (Fsp3) is 0.500. The van der Waals surface area contributed by atoms with Gasteiger partial charge in [-0.15, -0.1) is 0 Å². The standard InChI is InChI=1S/C12H12F6O/c1-7-4-2-3-5-8(7)6-9(19)10(11(13,14)15)12(16,17)18/h2-5,9-10,19H,6H2,1H3. The molecule has 0 aromatic heterocycles. The van der Waals surface area contributed by atoms with E-state index in [0.29, 0.717) is 5.56 Å². The van der Waals surface area contributed by atoms with E-state index in [1.807, 2.05) is 0 Å². The van der Waals surface area contributed by atoms with Gasteiger partial charge in [-0.3, -0.25) is 0 Å². The van der Waals surface area contributed by atoms with Gasteiger partial charge in [0.1, 0.15) is 0 Å². The van der Waals surface area contributed by atoms with Gasteiger partial charge < -0.3 is 5.11 Å². The highest BCUT2D eigenvalue weighted by atomic mass is 19.4. The van der Waals surface area contributed by atoms with Crippen molar-refractivity contribution < 1.29 is 31.4 Å².